The molecule has 1 amide bonds. The quantitative estimate of drug-likeness (QED) is 0.681. The highest BCUT2D eigenvalue weighted by molar-refractivity contribution is 5.89. The predicted octanol–water partition coefficient (Wildman–Crippen LogP) is 0.237. The molecule has 4 nitrogen and oxygen atoms in total. The van der Waals surface area contributed by atoms with Crippen LogP contribution in [0.15, 0.2) is 0 Å². The van der Waals surface area contributed by atoms with Gasteiger partial charge in [0.05, 0.1) is 18.2 Å². The number of hydrogen-bond acceptors (Lipinski definition) is 3. The van der Waals surface area contributed by atoms with Crippen molar-refractivity contribution in [1.29, 1.82) is 5.26 Å². The Kier molecular flexibility index (Phi) is 1.98. The summed E-state index contributed by atoms with van der Waals surface area (Å²) in [5.74, 6) is -3.47. The molecule has 82 valence electrons. The van der Waals surface area contributed by atoms with Gasteiger partial charge in [0.25, 0.3) is 5.92 Å². The average molecular weight is 215 g/mol. The van der Waals surface area contributed by atoms with Gasteiger partial charge in [-0.1, -0.05) is 0 Å². The SMILES string of the molecule is N#C[C@@H]1CC(F)(F)CN1C(=O)C1(N)CC1. The Morgan fingerprint density at radius 3 is 2.60 bits per heavy atom. The third kappa shape index (κ3) is 1.67. The van der Waals surface area contributed by atoms with Crippen molar-refractivity contribution in [2.75, 3.05) is 6.54 Å². The second kappa shape index (κ2) is 2.89. The van der Waals surface area contributed by atoms with Crippen molar-refractivity contribution in [2.45, 2.75) is 36.8 Å². The van der Waals surface area contributed by atoms with Gasteiger partial charge in [0.15, 0.2) is 0 Å². The fourth-order valence-corrected chi connectivity index (χ4v) is 1.78. The summed E-state index contributed by atoms with van der Waals surface area (Å²) >= 11 is 0. The van der Waals surface area contributed by atoms with Crippen LogP contribution in [0, 0.1) is 11.3 Å². The minimum atomic E-state index is -2.96. The summed E-state index contributed by atoms with van der Waals surface area (Å²) in [6, 6.07) is 0.686. The lowest BCUT2D eigenvalue weighted by atomic mass is 10.2. The third-order valence-corrected chi connectivity index (χ3v) is 2.89. The van der Waals surface area contributed by atoms with Gasteiger partial charge in [-0.3, -0.25) is 4.79 Å². The van der Waals surface area contributed by atoms with Gasteiger partial charge in [-0.15, -0.1) is 0 Å². The van der Waals surface area contributed by atoms with E-state index in [0.717, 1.165) is 4.90 Å². The van der Waals surface area contributed by atoms with Crippen molar-refractivity contribution in [1.82, 2.24) is 4.90 Å². The van der Waals surface area contributed by atoms with E-state index in [9.17, 15) is 13.6 Å². The van der Waals surface area contributed by atoms with Crippen molar-refractivity contribution in [3.8, 4) is 6.07 Å². The zero-order valence-corrected chi connectivity index (χ0v) is 8.04. The van der Waals surface area contributed by atoms with E-state index in [-0.39, 0.29) is 0 Å². The van der Waals surface area contributed by atoms with Gasteiger partial charge in [0.2, 0.25) is 5.91 Å². The summed E-state index contributed by atoms with van der Waals surface area (Å²) in [6.45, 7) is -0.678. The van der Waals surface area contributed by atoms with Crippen molar-refractivity contribution < 1.29 is 13.6 Å². The highest BCUT2D eigenvalue weighted by Gasteiger charge is 2.55. The van der Waals surface area contributed by atoms with Crippen molar-refractivity contribution in [3.63, 3.8) is 0 Å². The van der Waals surface area contributed by atoms with Crippen LogP contribution < -0.4 is 5.73 Å². The van der Waals surface area contributed by atoms with E-state index < -0.39 is 36.4 Å². The predicted molar refractivity (Wildman–Crippen MR) is 46.8 cm³/mol. The van der Waals surface area contributed by atoms with Crippen LogP contribution in [0.5, 0.6) is 0 Å². The van der Waals surface area contributed by atoms with E-state index in [4.69, 9.17) is 11.0 Å². The van der Waals surface area contributed by atoms with Crippen molar-refractivity contribution in [2.24, 2.45) is 5.73 Å². The van der Waals surface area contributed by atoms with Gasteiger partial charge in [0.1, 0.15) is 6.04 Å². The second-order valence-corrected chi connectivity index (χ2v) is 4.29. The molecule has 2 N–H and O–H groups in total. The lowest BCUT2D eigenvalue weighted by Gasteiger charge is -2.22. The molecule has 0 radical (unpaired) electrons. The maximum Gasteiger partial charge on any atom is 0.268 e. The highest BCUT2D eigenvalue weighted by atomic mass is 19.3. The molecule has 1 aliphatic carbocycles. The normalized spacial score (nSPS) is 31.1. The molecule has 2 aliphatic rings. The van der Waals surface area contributed by atoms with Crippen molar-refractivity contribution in [3.05, 3.63) is 0 Å². The molecular formula is C9H11F2N3O. The Hall–Kier alpha value is -1.22. The molecule has 1 aliphatic heterocycles. The number of carbonyl (C=O) groups excluding carboxylic acids is 1. The van der Waals surface area contributed by atoms with Crippen LogP contribution in [0.25, 0.3) is 0 Å². The molecule has 6 heteroatoms. The Bertz CT molecular complexity index is 346. The fourth-order valence-electron chi connectivity index (χ4n) is 1.78. The first-order chi connectivity index (χ1) is 6.88. The van der Waals surface area contributed by atoms with Crippen LogP contribution in [0.2, 0.25) is 0 Å². The number of hydrogen-bond donors (Lipinski definition) is 1. The number of rotatable bonds is 1. The molecule has 0 bridgehead atoms. The van der Waals surface area contributed by atoms with E-state index >= 15 is 0 Å². The van der Waals surface area contributed by atoms with E-state index in [1.165, 1.54) is 0 Å². The monoisotopic (exact) mass is 215 g/mol. The molecule has 0 aromatic rings. The number of carbonyl (C=O) groups is 1. The standard InChI is InChI=1S/C9H11F2N3O/c10-9(11)3-6(4-12)14(5-9)7(15)8(13)1-2-8/h6H,1-3,5,13H2/t6-/m0/s1. The number of nitriles is 1. The van der Waals surface area contributed by atoms with E-state index in [1.807, 2.05) is 0 Å². The molecule has 0 aromatic heterocycles. The summed E-state index contributed by atoms with van der Waals surface area (Å²) in [7, 11) is 0. The third-order valence-electron chi connectivity index (χ3n) is 2.89. The first-order valence-electron chi connectivity index (χ1n) is 4.75. The van der Waals surface area contributed by atoms with E-state index in [2.05, 4.69) is 0 Å². The van der Waals surface area contributed by atoms with Crippen LogP contribution in [0.3, 0.4) is 0 Å². The number of nitrogens with two attached hydrogens (primary N) is 1. The molecule has 1 heterocycles. The fraction of sp³-hybridized carbons (Fsp3) is 0.778. The topological polar surface area (TPSA) is 70.1 Å². The van der Waals surface area contributed by atoms with Crippen LogP contribution in [0.1, 0.15) is 19.3 Å². The largest absolute Gasteiger partial charge is 0.319 e. The molecule has 2 fully saturated rings. The van der Waals surface area contributed by atoms with Gasteiger partial charge in [-0.25, -0.2) is 8.78 Å². The number of alkyl halides is 2. The van der Waals surface area contributed by atoms with Crippen LogP contribution >= 0.6 is 0 Å². The summed E-state index contributed by atoms with van der Waals surface area (Å²) in [5.41, 5.74) is 4.65. The number of amides is 1. The van der Waals surface area contributed by atoms with Gasteiger partial charge in [-0.2, -0.15) is 5.26 Å². The van der Waals surface area contributed by atoms with E-state index in [0.29, 0.717) is 12.8 Å². The maximum absolute atomic E-state index is 13.0. The molecule has 1 saturated carbocycles. The zero-order valence-electron chi connectivity index (χ0n) is 8.04. The molecule has 0 unspecified atom stereocenters. The average Bonchev–Trinajstić information content (AvgIpc) is 2.81. The summed E-state index contributed by atoms with van der Waals surface area (Å²) in [6.07, 6.45) is 0.462. The van der Waals surface area contributed by atoms with Gasteiger partial charge < -0.3 is 10.6 Å². The van der Waals surface area contributed by atoms with E-state index in [1.54, 1.807) is 6.07 Å². The second-order valence-electron chi connectivity index (χ2n) is 4.29. The minimum absolute atomic E-state index is 0.508. The summed E-state index contributed by atoms with van der Waals surface area (Å²) in [4.78, 5) is 12.6. The van der Waals surface area contributed by atoms with Crippen LogP contribution in [-0.4, -0.2) is 34.9 Å². The maximum atomic E-state index is 13.0. The number of nitrogens with zero attached hydrogens (tertiary/aromatic N) is 2. The number of likely N-dealkylation sites (tertiary alicyclic amines) is 1. The Labute approximate surface area is 85.6 Å². The molecule has 1 saturated heterocycles. The Morgan fingerprint density at radius 1 is 1.53 bits per heavy atom. The van der Waals surface area contributed by atoms with Crippen LogP contribution in [-0.2, 0) is 4.79 Å². The molecular weight excluding hydrogens is 204 g/mol. The number of halogens is 2. The first-order valence-corrected chi connectivity index (χ1v) is 4.75. The Morgan fingerprint density at radius 2 is 2.13 bits per heavy atom. The molecule has 1 atom stereocenters. The zero-order chi connectivity index (χ0) is 11.3. The molecule has 15 heavy (non-hydrogen) atoms. The van der Waals surface area contributed by atoms with Crippen LogP contribution in [0.4, 0.5) is 8.78 Å². The van der Waals surface area contributed by atoms with Gasteiger partial charge in [0, 0.05) is 6.42 Å². The summed E-state index contributed by atoms with van der Waals surface area (Å²) in [5, 5.41) is 8.69. The molecule has 0 spiro atoms. The highest BCUT2D eigenvalue weighted by Crippen LogP contribution is 2.39. The Balaban J connectivity index is 2.15. The smallest absolute Gasteiger partial charge is 0.268 e. The lowest BCUT2D eigenvalue weighted by molar-refractivity contribution is -0.134. The first kappa shape index (κ1) is 10.3. The summed E-state index contributed by atoms with van der Waals surface area (Å²) < 4.78 is 26.0. The van der Waals surface area contributed by atoms with Crippen molar-refractivity contribution >= 4 is 5.91 Å². The van der Waals surface area contributed by atoms with Gasteiger partial charge >= 0.3 is 0 Å². The molecule has 2 rings (SSSR count). The lowest BCUT2D eigenvalue weighted by Crippen LogP contribution is -2.48. The minimum Gasteiger partial charge on any atom is -0.319 e. The van der Waals surface area contributed by atoms with Gasteiger partial charge in [-0.05, 0) is 12.8 Å². The molecule has 0 aromatic carbocycles.